The fraction of sp³-hybridized carbons (Fsp3) is 0.500. The lowest BCUT2D eigenvalue weighted by Gasteiger charge is -2.35. The van der Waals surface area contributed by atoms with E-state index in [9.17, 15) is 14.0 Å². The zero-order valence-corrected chi connectivity index (χ0v) is 13.6. The first-order valence-corrected chi connectivity index (χ1v) is 7.98. The molecule has 0 aliphatic carbocycles. The molecule has 3 rings (SSSR count). The monoisotopic (exact) mass is 336 g/mol. The van der Waals surface area contributed by atoms with Gasteiger partial charge in [-0.3, -0.25) is 9.69 Å². The summed E-state index contributed by atoms with van der Waals surface area (Å²) in [5, 5.41) is 0. The first kappa shape index (κ1) is 16.5. The van der Waals surface area contributed by atoms with Crippen molar-refractivity contribution in [1.29, 1.82) is 0 Å². The highest BCUT2D eigenvalue weighted by Crippen LogP contribution is 2.28. The number of halogens is 1. The molecule has 2 fully saturated rings. The van der Waals surface area contributed by atoms with E-state index in [1.807, 2.05) is 4.90 Å². The smallest absolute Gasteiger partial charge is 0.414 e. The molecule has 0 spiro atoms. The van der Waals surface area contributed by atoms with E-state index in [0.29, 0.717) is 44.1 Å². The second-order valence-electron chi connectivity index (χ2n) is 5.98. The summed E-state index contributed by atoms with van der Waals surface area (Å²) in [6.45, 7) is 4.41. The fourth-order valence-electron chi connectivity index (χ4n) is 3.04. The van der Waals surface area contributed by atoms with Crippen molar-refractivity contribution in [3.8, 4) is 0 Å². The Morgan fingerprint density at radius 2 is 2.04 bits per heavy atom. The Morgan fingerprint density at radius 1 is 1.33 bits per heavy atom. The van der Waals surface area contributed by atoms with Gasteiger partial charge in [-0.1, -0.05) is 0 Å². The van der Waals surface area contributed by atoms with E-state index in [4.69, 9.17) is 10.5 Å². The third-order valence-corrected chi connectivity index (χ3v) is 4.45. The molecule has 2 amide bonds. The fourth-order valence-corrected chi connectivity index (χ4v) is 3.04. The van der Waals surface area contributed by atoms with Crippen LogP contribution >= 0.6 is 0 Å². The molecule has 0 aromatic heterocycles. The van der Waals surface area contributed by atoms with Gasteiger partial charge >= 0.3 is 6.09 Å². The number of benzene rings is 1. The summed E-state index contributed by atoms with van der Waals surface area (Å²) in [6.07, 6.45) is -0.868. The Bertz CT molecular complexity index is 646. The molecular formula is C16H21FN4O3. The molecule has 24 heavy (non-hydrogen) atoms. The van der Waals surface area contributed by atoms with Crippen molar-refractivity contribution in [2.45, 2.75) is 13.0 Å². The number of ether oxygens (including phenoxy) is 1. The second-order valence-corrected chi connectivity index (χ2v) is 5.98. The van der Waals surface area contributed by atoms with Gasteiger partial charge < -0.3 is 20.3 Å². The van der Waals surface area contributed by atoms with Gasteiger partial charge in [0, 0.05) is 39.6 Å². The van der Waals surface area contributed by atoms with E-state index in [2.05, 4.69) is 0 Å². The van der Waals surface area contributed by atoms with Crippen LogP contribution in [-0.4, -0.2) is 62.3 Å². The van der Waals surface area contributed by atoms with Crippen molar-refractivity contribution in [1.82, 2.24) is 4.90 Å². The van der Waals surface area contributed by atoms with Gasteiger partial charge in [0.2, 0.25) is 5.91 Å². The van der Waals surface area contributed by atoms with Gasteiger partial charge in [-0.15, -0.1) is 0 Å². The minimum atomic E-state index is -0.507. The van der Waals surface area contributed by atoms with Crippen molar-refractivity contribution >= 4 is 23.4 Å². The van der Waals surface area contributed by atoms with E-state index in [1.165, 1.54) is 17.9 Å². The summed E-state index contributed by atoms with van der Waals surface area (Å²) in [4.78, 5) is 28.2. The van der Waals surface area contributed by atoms with Gasteiger partial charge in [-0.2, -0.15) is 0 Å². The molecule has 2 aliphatic rings. The van der Waals surface area contributed by atoms with Gasteiger partial charge in [-0.05, 0) is 18.2 Å². The van der Waals surface area contributed by atoms with Crippen molar-refractivity contribution in [3.63, 3.8) is 0 Å². The number of piperazine rings is 1. The number of hydrogen-bond donors (Lipinski definition) is 1. The maximum absolute atomic E-state index is 14.5. The summed E-state index contributed by atoms with van der Waals surface area (Å²) in [7, 11) is 0. The summed E-state index contributed by atoms with van der Waals surface area (Å²) < 4.78 is 19.6. The number of hydrogen-bond acceptors (Lipinski definition) is 5. The van der Waals surface area contributed by atoms with E-state index < -0.39 is 11.9 Å². The van der Waals surface area contributed by atoms with Gasteiger partial charge in [0.1, 0.15) is 11.9 Å². The minimum Gasteiger partial charge on any atom is -0.443 e. The normalized spacial score (nSPS) is 21.2. The lowest BCUT2D eigenvalue weighted by atomic mass is 10.2. The molecule has 0 bridgehead atoms. The molecule has 7 nitrogen and oxygen atoms in total. The van der Waals surface area contributed by atoms with E-state index in [1.54, 1.807) is 17.0 Å². The molecule has 2 saturated heterocycles. The number of nitrogens with zero attached hydrogens (tertiary/aromatic N) is 3. The molecule has 2 aliphatic heterocycles. The number of rotatable bonds is 3. The first-order chi connectivity index (χ1) is 11.5. The Hall–Kier alpha value is -2.35. The Balaban J connectivity index is 1.72. The van der Waals surface area contributed by atoms with E-state index in [-0.39, 0.29) is 18.6 Å². The van der Waals surface area contributed by atoms with Gasteiger partial charge in [-0.25, -0.2) is 9.18 Å². The maximum Gasteiger partial charge on any atom is 0.414 e. The van der Waals surface area contributed by atoms with Gasteiger partial charge in [0.15, 0.2) is 0 Å². The molecule has 1 unspecified atom stereocenters. The topological polar surface area (TPSA) is 79.1 Å². The first-order valence-electron chi connectivity index (χ1n) is 7.98. The Morgan fingerprint density at radius 3 is 2.58 bits per heavy atom. The van der Waals surface area contributed by atoms with E-state index in [0.717, 1.165) is 0 Å². The van der Waals surface area contributed by atoms with Crippen LogP contribution in [0.4, 0.5) is 20.6 Å². The zero-order chi connectivity index (χ0) is 17.3. The van der Waals surface area contributed by atoms with Crippen molar-refractivity contribution in [2.24, 2.45) is 5.73 Å². The number of amides is 2. The largest absolute Gasteiger partial charge is 0.443 e. The van der Waals surface area contributed by atoms with Crippen LogP contribution in [0, 0.1) is 5.82 Å². The number of anilines is 2. The van der Waals surface area contributed by atoms with Crippen LogP contribution < -0.4 is 15.5 Å². The number of carbonyl (C=O) groups excluding carboxylic acids is 2. The number of carbonyl (C=O) groups is 2. The zero-order valence-electron chi connectivity index (χ0n) is 13.6. The second kappa shape index (κ2) is 6.64. The molecule has 2 N–H and O–H groups in total. The lowest BCUT2D eigenvalue weighted by Crippen LogP contribution is -2.48. The third kappa shape index (κ3) is 3.14. The van der Waals surface area contributed by atoms with Crippen LogP contribution in [0.5, 0.6) is 0 Å². The SMILES string of the molecule is CC(=O)N1CCN(c2ccc(N3CC(CN)OC3=O)cc2F)CC1. The number of cyclic esters (lactones) is 1. The summed E-state index contributed by atoms with van der Waals surface area (Å²) >= 11 is 0. The molecule has 1 atom stereocenters. The standard InChI is InChI=1S/C16H21FN4O3/c1-11(22)19-4-6-20(7-5-19)15-3-2-12(8-14(15)17)21-10-13(9-18)24-16(21)23/h2-3,8,13H,4-7,9-10,18H2,1H3. The number of nitrogens with two attached hydrogens (primary N) is 1. The highest BCUT2D eigenvalue weighted by atomic mass is 19.1. The molecule has 0 radical (unpaired) electrons. The average molecular weight is 336 g/mol. The summed E-state index contributed by atoms with van der Waals surface area (Å²) in [5.74, 6) is -0.361. The summed E-state index contributed by atoms with van der Waals surface area (Å²) in [6, 6.07) is 4.71. The Kier molecular flexibility index (Phi) is 4.57. The lowest BCUT2D eigenvalue weighted by molar-refractivity contribution is -0.129. The average Bonchev–Trinajstić information content (AvgIpc) is 2.96. The molecule has 1 aromatic rings. The molecule has 0 saturated carbocycles. The van der Waals surface area contributed by atoms with Crippen LogP contribution in [0.25, 0.3) is 0 Å². The molecule has 1 aromatic carbocycles. The van der Waals surface area contributed by atoms with Crippen LogP contribution in [0.2, 0.25) is 0 Å². The molecule has 130 valence electrons. The third-order valence-electron chi connectivity index (χ3n) is 4.45. The van der Waals surface area contributed by atoms with Crippen molar-refractivity contribution < 1.29 is 18.7 Å². The van der Waals surface area contributed by atoms with Gasteiger partial charge in [0.05, 0.1) is 17.9 Å². The van der Waals surface area contributed by atoms with E-state index >= 15 is 0 Å². The Labute approximate surface area is 139 Å². The maximum atomic E-state index is 14.5. The van der Waals surface area contributed by atoms with Crippen LogP contribution in [-0.2, 0) is 9.53 Å². The molecule has 8 heteroatoms. The predicted molar refractivity (Wildman–Crippen MR) is 87.5 cm³/mol. The van der Waals surface area contributed by atoms with Crippen LogP contribution in [0.3, 0.4) is 0 Å². The predicted octanol–water partition coefficient (Wildman–Crippen LogP) is 0.778. The van der Waals surface area contributed by atoms with Gasteiger partial charge in [0.25, 0.3) is 0 Å². The highest BCUT2D eigenvalue weighted by molar-refractivity contribution is 5.90. The minimum absolute atomic E-state index is 0.0347. The van der Waals surface area contributed by atoms with Crippen molar-refractivity contribution in [3.05, 3.63) is 24.0 Å². The van der Waals surface area contributed by atoms with Crippen molar-refractivity contribution in [2.75, 3.05) is 49.1 Å². The quantitative estimate of drug-likeness (QED) is 0.882. The molecule has 2 heterocycles. The molecular weight excluding hydrogens is 315 g/mol. The summed E-state index contributed by atoms with van der Waals surface area (Å²) in [5.41, 5.74) is 6.44. The highest BCUT2D eigenvalue weighted by Gasteiger charge is 2.32. The van der Waals surface area contributed by atoms with Crippen LogP contribution in [0.1, 0.15) is 6.92 Å². The van der Waals surface area contributed by atoms with Crippen LogP contribution in [0.15, 0.2) is 18.2 Å².